The van der Waals surface area contributed by atoms with Crippen molar-refractivity contribution >= 4 is 39.8 Å². The largest absolute Gasteiger partial charge is 0.345 e. The van der Waals surface area contributed by atoms with Gasteiger partial charge >= 0.3 is 0 Å². The number of thiophene rings is 1. The normalized spacial score (nSPS) is 10.9. The first-order chi connectivity index (χ1) is 13.0. The number of aryl methyl sites for hydroxylation is 2. The van der Waals surface area contributed by atoms with E-state index in [-0.39, 0.29) is 10.9 Å². The number of H-pyrrole nitrogens is 1. The number of fused-ring (bicyclic) bond motifs is 1. The lowest BCUT2D eigenvalue weighted by atomic mass is 10.0. The monoisotopic (exact) mass is 392 g/mol. The Morgan fingerprint density at radius 3 is 2.63 bits per heavy atom. The summed E-state index contributed by atoms with van der Waals surface area (Å²) in [5.74, 6) is 0. The number of rotatable bonds is 2. The van der Waals surface area contributed by atoms with Gasteiger partial charge in [0.25, 0.3) is 0 Å². The highest BCUT2D eigenvalue weighted by Gasteiger charge is 2.18. The van der Waals surface area contributed by atoms with Gasteiger partial charge in [-0.05, 0) is 37.6 Å². The number of hydrogen-bond donors (Lipinski definition) is 1. The highest BCUT2D eigenvalue weighted by atomic mass is 35.5. The molecule has 132 valence electrons. The minimum atomic E-state index is -0.202. The number of aromatic nitrogens is 3. The van der Waals surface area contributed by atoms with E-state index in [9.17, 15) is 4.79 Å². The number of benzene rings is 1. The number of halogens is 1. The quantitative estimate of drug-likeness (QED) is 0.456. The molecule has 7 heteroatoms. The second kappa shape index (κ2) is 6.62. The van der Waals surface area contributed by atoms with E-state index >= 15 is 0 Å². The molecule has 4 aromatic rings. The van der Waals surface area contributed by atoms with Gasteiger partial charge in [-0.15, -0.1) is 11.3 Å². The van der Waals surface area contributed by atoms with Crippen LogP contribution in [-0.2, 0) is 0 Å². The number of pyridine rings is 1. The van der Waals surface area contributed by atoms with E-state index in [1.807, 2.05) is 32.0 Å². The Balaban J connectivity index is 2.08. The smallest absolute Gasteiger partial charge is 0.209 e. The molecule has 27 heavy (non-hydrogen) atoms. The summed E-state index contributed by atoms with van der Waals surface area (Å²) in [7, 11) is 0. The summed E-state index contributed by atoms with van der Waals surface area (Å²) in [6.07, 6.45) is 1.56. The number of hydrogen-bond acceptors (Lipinski definition) is 4. The number of nitrogens with one attached hydrogen (secondary N) is 1. The highest BCUT2D eigenvalue weighted by molar-refractivity contribution is 7.15. The summed E-state index contributed by atoms with van der Waals surface area (Å²) in [5, 5.41) is 0.358. The van der Waals surface area contributed by atoms with E-state index in [0.29, 0.717) is 27.7 Å². The predicted molar refractivity (Wildman–Crippen MR) is 110 cm³/mol. The third-order valence-corrected chi connectivity index (χ3v) is 5.49. The van der Waals surface area contributed by atoms with Crippen molar-refractivity contribution in [2.75, 3.05) is 0 Å². The first kappa shape index (κ1) is 17.4. The van der Waals surface area contributed by atoms with Gasteiger partial charge in [0.1, 0.15) is 5.69 Å². The van der Waals surface area contributed by atoms with Crippen LogP contribution in [0.1, 0.15) is 10.4 Å². The van der Waals surface area contributed by atoms with Crippen molar-refractivity contribution in [2.45, 2.75) is 13.8 Å². The third kappa shape index (κ3) is 3.01. The van der Waals surface area contributed by atoms with Gasteiger partial charge in [0.05, 0.1) is 17.1 Å². The summed E-state index contributed by atoms with van der Waals surface area (Å²) in [5.41, 5.74) is 3.65. The zero-order valence-electron chi connectivity index (χ0n) is 14.5. The van der Waals surface area contributed by atoms with Gasteiger partial charge in [0, 0.05) is 27.7 Å². The van der Waals surface area contributed by atoms with E-state index in [1.165, 1.54) is 6.07 Å². The molecule has 0 spiro atoms. The molecule has 0 saturated heterocycles. The topological polar surface area (TPSA) is 63.0 Å². The SMILES string of the molecule is [C-]#[N+]c1c(C)cc(-c2nc3c(=O)cc[nH]c3nc2-c2ccc(C)s2)cc1Cl. The Labute approximate surface area is 164 Å². The van der Waals surface area contributed by atoms with Crippen LogP contribution in [0.5, 0.6) is 0 Å². The maximum atomic E-state index is 12.3. The van der Waals surface area contributed by atoms with Gasteiger partial charge in [-0.25, -0.2) is 14.8 Å². The summed E-state index contributed by atoms with van der Waals surface area (Å²) in [6.45, 7) is 11.1. The van der Waals surface area contributed by atoms with E-state index in [4.69, 9.17) is 18.2 Å². The average molecular weight is 393 g/mol. The van der Waals surface area contributed by atoms with Crippen molar-refractivity contribution in [2.24, 2.45) is 0 Å². The van der Waals surface area contributed by atoms with E-state index in [0.717, 1.165) is 20.9 Å². The number of aromatic amines is 1. The maximum Gasteiger partial charge on any atom is 0.209 e. The van der Waals surface area contributed by atoms with Gasteiger partial charge in [-0.3, -0.25) is 4.79 Å². The zero-order chi connectivity index (χ0) is 19.1. The lowest BCUT2D eigenvalue weighted by molar-refractivity contribution is 1.22. The van der Waals surface area contributed by atoms with Crippen LogP contribution in [0, 0.1) is 20.4 Å². The molecular weight excluding hydrogens is 380 g/mol. The fraction of sp³-hybridized carbons (Fsp3) is 0.100. The predicted octanol–water partition coefficient (Wildman–Crippen LogP) is 5.53. The highest BCUT2D eigenvalue weighted by Crippen LogP contribution is 2.38. The lowest BCUT2D eigenvalue weighted by Crippen LogP contribution is -2.06. The van der Waals surface area contributed by atoms with E-state index in [1.54, 1.807) is 23.6 Å². The van der Waals surface area contributed by atoms with E-state index in [2.05, 4.69) is 19.8 Å². The van der Waals surface area contributed by atoms with Crippen LogP contribution >= 0.6 is 22.9 Å². The second-order valence-corrected chi connectivity index (χ2v) is 7.80. The molecule has 1 N–H and O–H groups in total. The Morgan fingerprint density at radius 2 is 1.96 bits per heavy atom. The Bertz CT molecular complexity index is 1280. The first-order valence-electron chi connectivity index (χ1n) is 8.12. The van der Waals surface area contributed by atoms with E-state index < -0.39 is 0 Å². The standard InChI is InChI=1S/C20H13ClN4OS/c1-10-8-12(9-13(21)16(10)22-3)17-19(15-5-4-11(2)27-15)25-20-18(24-17)14(26)6-7-23-20/h4-9H,1-2H3,(H,23,25,26). The number of nitrogens with zero attached hydrogens (tertiary/aromatic N) is 3. The van der Waals surface area contributed by atoms with Crippen LogP contribution in [0.25, 0.3) is 37.8 Å². The Morgan fingerprint density at radius 1 is 1.15 bits per heavy atom. The molecule has 0 bridgehead atoms. The van der Waals surface area contributed by atoms with Crippen LogP contribution in [-0.4, -0.2) is 15.0 Å². The fourth-order valence-electron chi connectivity index (χ4n) is 2.93. The van der Waals surface area contributed by atoms with Gasteiger partial charge in [-0.1, -0.05) is 17.7 Å². The maximum absolute atomic E-state index is 12.3. The van der Waals surface area contributed by atoms with Crippen molar-refractivity contribution < 1.29 is 0 Å². The molecule has 0 amide bonds. The molecule has 0 unspecified atom stereocenters. The van der Waals surface area contributed by atoms with Crippen LogP contribution in [0.3, 0.4) is 0 Å². The molecule has 4 rings (SSSR count). The Hall–Kier alpha value is -3.01. The lowest BCUT2D eigenvalue weighted by Gasteiger charge is -2.11. The molecule has 5 nitrogen and oxygen atoms in total. The molecule has 3 aromatic heterocycles. The van der Waals surface area contributed by atoms with Gasteiger partial charge < -0.3 is 4.98 Å². The summed E-state index contributed by atoms with van der Waals surface area (Å²) in [4.78, 5) is 30.2. The van der Waals surface area contributed by atoms with Crippen molar-refractivity contribution in [1.82, 2.24) is 15.0 Å². The van der Waals surface area contributed by atoms with Crippen molar-refractivity contribution in [1.29, 1.82) is 0 Å². The third-order valence-electron chi connectivity index (χ3n) is 4.20. The molecule has 0 aliphatic heterocycles. The summed E-state index contributed by atoms with van der Waals surface area (Å²) in [6, 6.07) is 9.00. The molecule has 0 aliphatic carbocycles. The Kier molecular flexibility index (Phi) is 4.27. The molecule has 0 radical (unpaired) electrons. The average Bonchev–Trinajstić information content (AvgIpc) is 3.07. The van der Waals surface area contributed by atoms with Crippen LogP contribution in [0.15, 0.2) is 41.3 Å². The van der Waals surface area contributed by atoms with Crippen LogP contribution in [0.2, 0.25) is 5.02 Å². The molecule has 0 atom stereocenters. The molecule has 0 fully saturated rings. The second-order valence-electron chi connectivity index (χ2n) is 6.11. The first-order valence-corrected chi connectivity index (χ1v) is 9.31. The van der Waals surface area contributed by atoms with Crippen LogP contribution < -0.4 is 5.43 Å². The molecule has 1 aromatic carbocycles. The summed E-state index contributed by atoms with van der Waals surface area (Å²) < 4.78 is 0. The molecular formula is C20H13ClN4OS. The zero-order valence-corrected chi connectivity index (χ0v) is 16.1. The van der Waals surface area contributed by atoms with Gasteiger partial charge in [0.2, 0.25) is 11.1 Å². The van der Waals surface area contributed by atoms with Crippen LogP contribution in [0.4, 0.5) is 5.69 Å². The summed E-state index contributed by atoms with van der Waals surface area (Å²) >= 11 is 7.91. The molecule has 0 saturated carbocycles. The minimum absolute atomic E-state index is 0.202. The fourth-order valence-corrected chi connectivity index (χ4v) is 4.10. The van der Waals surface area contributed by atoms with Gasteiger partial charge in [-0.2, -0.15) is 0 Å². The molecule has 3 heterocycles. The van der Waals surface area contributed by atoms with Crippen molar-refractivity contribution in [3.8, 4) is 21.8 Å². The molecule has 0 aliphatic rings. The van der Waals surface area contributed by atoms with Crippen molar-refractivity contribution in [3.05, 3.63) is 73.6 Å². The van der Waals surface area contributed by atoms with Crippen molar-refractivity contribution in [3.63, 3.8) is 0 Å². The minimum Gasteiger partial charge on any atom is -0.345 e. The van der Waals surface area contributed by atoms with Gasteiger partial charge in [0.15, 0.2) is 11.2 Å².